The van der Waals surface area contributed by atoms with Crippen molar-refractivity contribution in [2.45, 2.75) is 31.8 Å². The van der Waals surface area contributed by atoms with Gasteiger partial charge >= 0.3 is 0 Å². The smallest absolute Gasteiger partial charge is 0.278 e. The van der Waals surface area contributed by atoms with Gasteiger partial charge in [-0.1, -0.05) is 56.5 Å². The molecule has 0 saturated heterocycles. The van der Waals surface area contributed by atoms with Gasteiger partial charge in [-0.05, 0) is 18.1 Å². The predicted molar refractivity (Wildman–Crippen MR) is 138 cm³/mol. The average molecular weight is 493 g/mol. The zero-order valence-corrected chi connectivity index (χ0v) is 21.2. The molecule has 2 atom stereocenters. The molecule has 186 valence electrons. The summed E-state index contributed by atoms with van der Waals surface area (Å²) in [7, 11) is 0. The van der Waals surface area contributed by atoms with Gasteiger partial charge in [0.2, 0.25) is 11.6 Å². The molecule has 0 saturated carbocycles. The van der Waals surface area contributed by atoms with E-state index in [1.807, 2.05) is 6.07 Å². The van der Waals surface area contributed by atoms with Gasteiger partial charge in [0, 0.05) is 18.0 Å². The van der Waals surface area contributed by atoms with Crippen LogP contribution in [0.25, 0.3) is 12.2 Å². The summed E-state index contributed by atoms with van der Waals surface area (Å²) in [5.41, 5.74) is 15.0. The first-order valence-electron chi connectivity index (χ1n) is 11.1. The molecule has 0 bridgehead atoms. The maximum atomic E-state index is 11.9. The number of rotatable bonds is 10. The third-order valence-electron chi connectivity index (χ3n) is 4.78. The number of aromatic amines is 1. The summed E-state index contributed by atoms with van der Waals surface area (Å²) in [6.45, 7) is 10.1. The summed E-state index contributed by atoms with van der Waals surface area (Å²) in [6, 6.07) is 11.8. The molecular formula is C25H41ClN6O2+4. The second-order valence-electron chi connectivity index (χ2n) is 7.36. The normalized spacial score (nSPS) is 11.4. The van der Waals surface area contributed by atoms with E-state index in [9.17, 15) is 9.59 Å². The number of alkyl halides is 1. The molecule has 34 heavy (non-hydrogen) atoms. The van der Waals surface area contributed by atoms with Crippen molar-refractivity contribution in [3.63, 3.8) is 0 Å². The third kappa shape index (κ3) is 12.3. The zero-order chi connectivity index (χ0) is 25.9. The highest BCUT2D eigenvalue weighted by Gasteiger charge is 2.23. The van der Waals surface area contributed by atoms with Gasteiger partial charge in [0.15, 0.2) is 12.2 Å². The molecule has 9 heteroatoms. The van der Waals surface area contributed by atoms with Crippen molar-refractivity contribution in [1.82, 2.24) is 5.32 Å². The van der Waals surface area contributed by atoms with Crippen molar-refractivity contribution in [1.29, 1.82) is 0 Å². The fraction of sp³-hybridized carbons (Fsp3) is 0.320. The number of benzene rings is 1. The van der Waals surface area contributed by atoms with Gasteiger partial charge in [0.05, 0.1) is 13.0 Å². The SMILES string of the molecule is C=Cc1cc(NC(=O)CNC(=O)C([NH3+])CC([NH3+])C[NH3+])c[nH+]c1C=C.CCc1ccccc1.CCl. The molecule has 8 nitrogen and oxygen atoms in total. The van der Waals surface area contributed by atoms with Crippen LogP contribution in [-0.4, -0.2) is 43.4 Å². The summed E-state index contributed by atoms with van der Waals surface area (Å²) < 4.78 is 0. The van der Waals surface area contributed by atoms with Crippen LogP contribution in [0.1, 0.15) is 30.2 Å². The Balaban J connectivity index is 0.000000904. The van der Waals surface area contributed by atoms with E-state index >= 15 is 0 Å². The molecular weight excluding hydrogens is 452 g/mol. The summed E-state index contributed by atoms with van der Waals surface area (Å²) in [6.07, 6.45) is 8.13. The molecule has 0 fully saturated rings. The molecule has 1 heterocycles. The Labute approximate surface area is 207 Å². The lowest BCUT2D eigenvalue weighted by atomic mass is 10.1. The highest BCUT2D eigenvalue weighted by atomic mass is 35.5. The Morgan fingerprint density at radius 1 is 1.15 bits per heavy atom. The standard InChI is InChI=1S/C16H24N6O2.C8H10.CH3Cl/c1-3-10-5-12(8-20-14(10)4-2)22-15(23)9-21-16(24)13(19)6-11(18)7-17;1-2-8-6-4-3-5-7-8;1-2/h3-5,8,11,13H,1-2,6-7,9,17-19H2,(H,21,24)(H,22,23);3-7H,2H2,1H3;1H3/p+4. The van der Waals surface area contributed by atoms with Gasteiger partial charge in [-0.15, -0.1) is 11.6 Å². The number of aromatic nitrogens is 1. The quantitative estimate of drug-likeness (QED) is 0.291. The van der Waals surface area contributed by atoms with E-state index in [1.165, 1.54) is 11.9 Å². The van der Waals surface area contributed by atoms with E-state index in [0.717, 1.165) is 17.7 Å². The zero-order valence-electron chi connectivity index (χ0n) is 20.4. The van der Waals surface area contributed by atoms with Crippen LogP contribution in [0, 0.1) is 0 Å². The minimum atomic E-state index is -0.449. The topological polar surface area (TPSA) is 155 Å². The Kier molecular flexibility index (Phi) is 16.7. The number of aryl methyl sites for hydroxylation is 1. The van der Waals surface area contributed by atoms with Crippen molar-refractivity contribution in [3.8, 4) is 0 Å². The number of quaternary nitrogens is 3. The monoisotopic (exact) mass is 492 g/mol. The average Bonchev–Trinajstić information content (AvgIpc) is 2.88. The molecule has 0 radical (unpaired) electrons. The van der Waals surface area contributed by atoms with Crippen LogP contribution in [0.4, 0.5) is 5.69 Å². The van der Waals surface area contributed by atoms with Gasteiger partial charge in [-0.2, -0.15) is 0 Å². The first-order chi connectivity index (χ1) is 16.3. The van der Waals surface area contributed by atoms with Gasteiger partial charge in [0.1, 0.15) is 18.3 Å². The number of carbonyl (C=O) groups is 2. The van der Waals surface area contributed by atoms with Crippen molar-refractivity contribution < 1.29 is 31.8 Å². The fourth-order valence-electron chi connectivity index (χ4n) is 2.80. The number of hydrogen-bond donors (Lipinski definition) is 5. The molecule has 1 aromatic carbocycles. The number of H-pyrrole nitrogens is 1. The van der Waals surface area contributed by atoms with E-state index in [2.05, 4.69) is 88.8 Å². The molecule has 2 aromatic rings. The minimum absolute atomic E-state index is 0.0725. The summed E-state index contributed by atoms with van der Waals surface area (Å²) in [5, 5.41) is 5.28. The number of anilines is 1. The fourth-order valence-corrected chi connectivity index (χ4v) is 2.80. The van der Waals surface area contributed by atoms with Crippen LogP contribution in [-0.2, 0) is 16.0 Å². The highest BCUT2D eigenvalue weighted by molar-refractivity contribution is 6.15. The maximum Gasteiger partial charge on any atom is 0.278 e. The number of amides is 2. The molecule has 0 spiro atoms. The number of halogens is 1. The van der Waals surface area contributed by atoms with E-state index in [4.69, 9.17) is 0 Å². The molecule has 2 amide bonds. The van der Waals surface area contributed by atoms with E-state index in [0.29, 0.717) is 18.7 Å². The summed E-state index contributed by atoms with van der Waals surface area (Å²) in [4.78, 5) is 26.9. The second kappa shape index (κ2) is 18.4. The molecule has 0 aliphatic carbocycles. The van der Waals surface area contributed by atoms with Crippen LogP contribution in [0.2, 0.25) is 0 Å². The number of pyridine rings is 1. The molecule has 2 rings (SSSR count). The van der Waals surface area contributed by atoms with Crippen LogP contribution in [0.5, 0.6) is 0 Å². The van der Waals surface area contributed by atoms with Crippen molar-refractivity contribution in [2.24, 2.45) is 0 Å². The van der Waals surface area contributed by atoms with Crippen LogP contribution >= 0.6 is 11.6 Å². The maximum absolute atomic E-state index is 11.9. The third-order valence-corrected chi connectivity index (χ3v) is 4.78. The Hall–Kier alpha value is -3.04. The molecule has 2 unspecified atom stereocenters. The Morgan fingerprint density at radius 2 is 1.79 bits per heavy atom. The van der Waals surface area contributed by atoms with Crippen LogP contribution in [0.3, 0.4) is 0 Å². The summed E-state index contributed by atoms with van der Waals surface area (Å²) >= 11 is 4.64. The van der Waals surface area contributed by atoms with Crippen LogP contribution in [0.15, 0.2) is 55.8 Å². The number of carbonyl (C=O) groups excluding carboxylic acids is 2. The predicted octanol–water partition coefficient (Wildman–Crippen LogP) is -0.202. The second-order valence-corrected chi connectivity index (χ2v) is 7.36. The van der Waals surface area contributed by atoms with Gasteiger partial charge in [-0.3, -0.25) is 9.59 Å². The molecule has 1 aromatic heterocycles. The molecule has 0 aliphatic heterocycles. The van der Waals surface area contributed by atoms with Crippen molar-refractivity contribution in [3.05, 3.63) is 72.6 Å². The van der Waals surface area contributed by atoms with Gasteiger partial charge in [-0.25, -0.2) is 4.98 Å². The lowest BCUT2D eigenvalue weighted by molar-refractivity contribution is -0.507. The van der Waals surface area contributed by atoms with E-state index in [-0.39, 0.29) is 24.4 Å². The Morgan fingerprint density at radius 3 is 2.29 bits per heavy atom. The van der Waals surface area contributed by atoms with Crippen LogP contribution < -0.4 is 32.8 Å². The highest BCUT2D eigenvalue weighted by Crippen LogP contribution is 2.12. The summed E-state index contributed by atoms with van der Waals surface area (Å²) in [5.74, 6) is -0.596. The first kappa shape index (κ1) is 31.0. The van der Waals surface area contributed by atoms with Gasteiger partial charge < -0.3 is 27.8 Å². The number of hydrogen-bond acceptors (Lipinski definition) is 2. The largest absolute Gasteiger partial charge is 0.353 e. The lowest BCUT2D eigenvalue weighted by Gasteiger charge is -2.10. The van der Waals surface area contributed by atoms with Crippen molar-refractivity contribution in [2.75, 3.05) is 24.8 Å². The van der Waals surface area contributed by atoms with E-state index in [1.54, 1.807) is 24.4 Å². The molecule has 12 N–H and O–H groups in total. The first-order valence-corrected chi connectivity index (χ1v) is 11.8. The number of nitrogens with one attached hydrogen (secondary N) is 3. The van der Waals surface area contributed by atoms with Gasteiger partial charge in [0.25, 0.3) is 5.91 Å². The minimum Gasteiger partial charge on any atom is -0.353 e. The molecule has 0 aliphatic rings. The Bertz CT molecular complexity index is 892. The van der Waals surface area contributed by atoms with E-state index < -0.39 is 6.04 Å². The van der Waals surface area contributed by atoms with Crippen molar-refractivity contribution >= 4 is 41.3 Å². The lowest BCUT2D eigenvalue weighted by Crippen LogP contribution is -2.77.